The van der Waals surface area contributed by atoms with Crippen LogP contribution in [0.4, 0.5) is 0 Å². The molecular formula is C21H27N5O2. The van der Waals surface area contributed by atoms with Gasteiger partial charge in [-0.15, -0.1) is 5.10 Å². The fourth-order valence-electron chi connectivity index (χ4n) is 4.00. The summed E-state index contributed by atoms with van der Waals surface area (Å²) in [6.07, 6.45) is 6.84. The number of aromatic nitrogens is 4. The monoisotopic (exact) mass is 381 g/mol. The van der Waals surface area contributed by atoms with Gasteiger partial charge < -0.3 is 9.26 Å². The molecule has 5 rings (SSSR count). The molecule has 3 aromatic heterocycles. The summed E-state index contributed by atoms with van der Waals surface area (Å²) in [5, 5.41) is 8.64. The lowest BCUT2D eigenvalue weighted by molar-refractivity contribution is 0.133. The Morgan fingerprint density at radius 2 is 1.96 bits per heavy atom. The van der Waals surface area contributed by atoms with Crippen molar-refractivity contribution in [2.45, 2.75) is 52.0 Å². The lowest BCUT2D eigenvalue weighted by Gasteiger charge is -2.31. The molecule has 148 valence electrons. The van der Waals surface area contributed by atoms with Gasteiger partial charge in [0, 0.05) is 24.1 Å². The first-order valence-corrected chi connectivity index (χ1v) is 10.3. The number of hydrogen-bond acceptors (Lipinski definition) is 6. The topological polar surface area (TPSA) is 68.7 Å². The van der Waals surface area contributed by atoms with Gasteiger partial charge in [0.15, 0.2) is 5.65 Å². The lowest BCUT2D eigenvalue weighted by atomic mass is 9.97. The lowest BCUT2D eigenvalue weighted by Crippen LogP contribution is -2.35. The summed E-state index contributed by atoms with van der Waals surface area (Å²) in [6, 6.07) is 3.94. The second kappa shape index (κ2) is 7.20. The van der Waals surface area contributed by atoms with Gasteiger partial charge in [-0.1, -0.05) is 5.16 Å². The largest absolute Gasteiger partial charge is 0.476 e. The maximum atomic E-state index is 6.02. The standard InChI is InChI=1S/C21H27N5O2/c1-14-18(15(2)28-24-14)11-25-9-7-16(8-10-25)13-27-21-6-5-20-22-19(17-3-4-17)12-26(20)23-21/h5-6,12,16-17H,3-4,7-11,13H2,1-2H3. The summed E-state index contributed by atoms with van der Waals surface area (Å²) < 4.78 is 13.2. The van der Waals surface area contributed by atoms with Crippen LogP contribution in [0, 0.1) is 19.8 Å². The van der Waals surface area contributed by atoms with E-state index >= 15 is 0 Å². The zero-order valence-electron chi connectivity index (χ0n) is 16.6. The number of hydrogen-bond donors (Lipinski definition) is 0. The minimum atomic E-state index is 0.572. The highest BCUT2D eigenvalue weighted by atomic mass is 16.5. The second-order valence-corrected chi connectivity index (χ2v) is 8.25. The van der Waals surface area contributed by atoms with Crippen LogP contribution >= 0.6 is 0 Å². The van der Waals surface area contributed by atoms with Gasteiger partial charge in [0.05, 0.1) is 24.2 Å². The molecule has 28 heavy (non-hydrogen) atoms. The van der Waals surface area contributed by atoms with Crippen molar-refractivity contribution in [2.24, 2.45) is 5.92 Å². The van der Waals surface area contributed by atoms with Crippen LogP contribution in [0.15, 0.2) is 22.9 Å². The van der Waals surface area contributed by atoms with Crippen LogP contribution in [0.2, 0.25) is 0 Å². The summed E-state index contributed by atoms with van der Waals surface area (Å²) in [5.74, 6) is 2.84. The highest BCUT2D eigenvalue weighted by Crippen LogP contribution is 2.39. The van der Waals surface area contributed by atoms with Crippen molar-refractivity contribution in [1.29, 1.82) is 0 Å². The van der Waals surface area contributed by atoms with E-state index in [0.717, 1.165) is 61.9 Å². The van der Waals surface area contributed by atoms with E-state index in [9.17, 15) is 0 Å². The van der Waals surface area contributed by atoms with Crippen LogP contribution in [0.5, 0.6) is 5.88 Å². The third kappa shape index (κ3) is 3.63. The normalized spacial score (nSPS) is 18.8. The van der Waals surface area contributed by atoms with E-state index in [2.05, 4.69) is 20.1 Å². The van der Waals surface area contributed by atoms with Crippen LogP contribution in [-0.4, -0.2) is 44.4 Å². The number of fused-ring (bicyclic) bond motifs is 1. The SMILES string of the molecule is Cc1noc(C)c1CN1CCC(COc2ccc3nc(C4CC4)cn3n2)CC1. The highest BCUT2D eigenvalue weighted by molar-refractivity contribution is 5.40. The first-order chi connectivity index (χ1) is 13.7. The van der Waals surface area contributed by atoms with Gasteiger partial charge in [-0.3, -0.25) is 4.90 Å². The average molecular weight is 381 g/mol. The number of nitrogens with zero attached hydrogens (tertiary/aromatic N) is 5. The minimum absolute atomic E-state index is 0.572. The third-order valence-corrected chi connectivity index (χ3v) is 6.05. The fraction of sp³-hybridized carbons (Fsp3) is 0.571. The molecule has 0 radical (unpaired) electrons. The Balaban J connectivity index is 1.13. The minimum Gasteiger partial charge on any atom is -0.476 e. The molecule has 1 saturated heterocycles. The van der Waals surface area contributed by atoms with Crippen molar-refractivity contribution in [3.05, 3.63) is 41.0 Å². The second-order valence-electron chi connectivity index (χ2n) is 8.25. The number of piperidine rings is 1. The number of imidazole rings is 1. The van der Waals surface area contributed by atoms with E-state index < -0.39 is 0 Å². The molecule has 0 amide bonds. The summed E-state index contributed by atoms with van der Waals surface area (Å²) in [6.45, 7) is 7.82. The molecule has 0 atom stereocenters. The molecule has 2 fully saturated rings. The number of aryl methyl sites for hydroxylation is 2. The van der Waals surface area contributed by atoms with Crippen LogP contribution < -0.4 is 4.74 Å². The Kier molecular flexibility index (Phi) is 4.55. The van der Waals surface area contributed by atoms with Gasteiger partial charge in [0.25, 0.3) is 0 Å². The van der Waals surface area contributed by atoms with Crippen molar-refractivity contribution >= 4 is 5.65 Å². The van der Waals surface area contributed by atoms with Crippen molar-refractivity contribution in [3.63, 3.8) is 0 Å². The Morgan fingerprint density at radius 1 is 1.14 bits per heavy atom. The molecule has 7 nitrogen and oxygen atoms in total. The Morgan fingerprint density at radius 3 is 2.68 bits per heavy atom. The Bertz CT molecular complexity index is 947. The van der Waals surface area contributed by atoms with Gasteiger partial charge in [-0.25, -0.2) is 9.50 Å². The van der Waals surface area contributed by atoms with Crippen LogP contribution in [-0.2, 0) is 6.54 Å². The third-order valence-electron chi connectivity index (χ3n) is 6.05. The zero-order valence-corrected chi connectivity index (χ0v) is 16.6. The first kappa shape index (κ1) is 17.7. The Hall–Kier alpha value is -2.41. The number of ether oxygens (including phenoxy) is 1. The maximum Gasteiger partial charge on any atom is 0.231 e. The summed E-state index contributed by atoms with van der Waals surface area (Å²) in [4.78, 5) is 7.13. The molecule has 3 aromatic rings. The molecule has 1 aliphatic carbocycles. The van der Waals surface area contributed by atoms with E-state index in [1.165, 1.54) is 18.4 Å². The molecule has 0 spiro atoms. The van der Waals surface area contributed by atoms with Crippen LogP contribution in [0.3, 0.4) is 0 Å². The van der Waals surface area contributed by atoms with Crippen molar-refractivity contribution in [3.8, 4) is 5.88 Å². The van der Waals surface area contributed by atoms with Crippen molar-refractivity contribution in [1.82, 2.24) is 24.7 Å². The molecule has 1 aliphatic heterocycles. The smallest absolute Gasteiger partial charge is 0.231 e. The molecule has 0 N–H and O–H groups in total. The predicted octanol–water partition coefficient (Wildman–Crippen LogP) is 3.50. The molecule has 0 unspecified atom stereocenters. The van der Waals surface area contributed by atoms with Gasteiger partial charge in [0.2, 0.25) is 5.88 Å². The molecule has 1 saturated carbocycles. The van der Waals surface area contributed by atoms with Crippen molar-refractivity contribution in [2.75, 3.05) is 19.7 Å². The summed E-state index contributed by atoms with van der Waals surface area (Å²) in [5.41, 5.74) is 4.31. The average Bonchev–Trinajstić information content (AvgIpc) is 3.41. The molecule has 0 aromatic carbocycles. The maximum absolute atomic E-state index is 6.02. The fourth-order valence-corrected chi connectivity index (χ4v) is 4.00. The van der Waals surface area contributed by atoms with Crippen molar-refractivity contribution < 1.29 is 9.26 Å². The molecule has 0 bridgehead atoms. The van der Waals surface area contributed by atoms with E-state index in [-0.39, 0.29) is 0 Å². The number of rotatable bonds is 6. The van der Waals surface area contributed by atoms with Gasteiger partial charge in [0.1, 0.15) is 5.76 Å². The van der Waals surface area contributed by atoms with E-state index in [0.29, 0.717) is 17.7 Å². The molecule has 2 aliphatic rings. The van der Waals surface area contributed by atoms with Crippen LogP contribution in [0.25, 0.3) is 5.65 Å². The van der Waals surface area contributed by atoms with E-state index in [1.54, 1.807) is 0 Å². The molecule has 4 heterocycles. The van der Waals surface area contributed by atoms with Gasteiger partial charge >= 0.3 is 0 Å². The molecule has 7 heteroatoms. The van der Waals surface area contributed by atoms with E-state index in [4.69, 9.17) is 9.26 Å². The summed E-state index contributed by atoms with van der Waals surface area (Å²) in [7, 11) is 0. The van der Waals surface area contributed by atoms with E-state index in [1.807, 2.05) is 36.7 Å². The summed E-state index contributed by atoms with van der Waals surface area (Å²) >= 11 is 0. The van der Waals surface area contributed by atoms with Crippen LogP contribution in [0.1, 0.15) is 54.3 Å². The van der Waals surface area contributed by atoms with Gasteiger partial charge in [-0.05, 0) is 64.6 Å². The van der Waals surface area contributed by atoms with Gasteiger partial charge in [-0.2, -0.15) is 0 Å². The first-order valence-electron chi connectivity index (χ1n) is 10.3. The Labute approximate surface area is 164 Å². The molecular weight excluding hydrogens is 354 g/mol. The highest BCUT2D eigenvalue weighted by Gasteiger charge is 2.26. The predicted molar refractivity (Wildman–Crippen MR) is 104 cm³/mol. The zero-order chi connectivity index (χ0) is 19.1. The number of likely N-dealkylation sites (tertiary alicyclic amines) is 1. The quantitative estimate of drug-likeness (QED) is 0.651.